The zero-order valence-corrected chi connectivity index (χ0v) is 16.4. The Bertz CT molecular complexity index is 809. The highest BCUT2D eigenvalue weighted by Crippen LogP contribution is 2.40. The van der Waals surface area contributed by atoms with Gasteiger partial charge in [0.1, 0.15) is 5.92 Å². The fraction of sp³-hybridized carbons (Fsp3) is 0.421. The first-order chi connectivity index (χ1) is 12.6. The van der Waals surface area contributed by atoms with Crippen LogP contribution in [0.25, 0.3) is 10.8 Å². The molecule has 0 radical (unpaired) electrons. The van der Waals surface area contributed by atoms with Crippen LogP contribution in [-0.2, 0) is 20.7 Å². The molecule has 2 atom stereocenters. The number of rotatable bonds is 7. The Morgan fingerprint density at radius 2 is 1.89 bits per heavy atom. The molecule has 0 amide bonds. The minimum atomic E-state index is -5.17. The Kier molecular flexibility index (Phi) is 6.88. The monoisotopic (exact) mass is 448 g/mol. The SMILES string of the molecule is CCOC(=O)C(Cc1ccc2c(Br)cccc2c1)C(O)(OCC)C(F)(F)F. The van der Waals surface area contributed by atoms with Gasteiger partial charge in [0, 0.05) is 11.1 Å². The summed E-state index contributed by atoms with van der Waals surface area (Å²) in [6.45, 7) is 2.26. The van der Waals surface area contributed by atoms with Gasteiger partial charge in [0.25, 0.3) is 5.79 Å². The van der Waals surface area contributed by atoms with Crippen LogP contribution in [0, 0.1) is 5.92 Å². The predicted molar refractivity (Wildman–Crippen MR) is 98.1 cm³/mol. The maximum Gasteiger partial charge on any atom is 0.444 e. The van der Waals surface area contributed by atoms with Crippen molar-refractivity contribution in [3.63, 3.8) is 0 Å². The number of hydrogen-bond donors (Lipinski definition) is 1. The van der Waals surface area contributed by atoms with E-state index in [-0.39, 0.29) is 6.61 Å². The van der Waals surface area contributed by atoms with E-state index in [9.17, 15) is 23.1 Å². The van der Waals surface area contributed by atoms with Crippen LogP contribution in [0.4, 0.5) is 13.2 Å². The minimum Gasteiger partial charge on any atom is -0.466 e. The third-order valence-corrected chi connectivity index (χ3v) is 4.84. The molecule has 0 saturated heterocycles. The maximum atomic E-state index is 13.6. The van der Waals surface area contributed by atoms with E-state index in [4.69, 9.17) is 4.74 Å². The van der Waals surface area contributed by atoms with Crippen LogP contribution in [-0.4, -0.2) is 36.3 Å². The van der Waals surface area contributed by atoms with Gasteiger partial charge in [-0.3, -0.25) is 4.79 Å². The standard InChI is InChI=1S/C19H20BrF3O4/c1-3-26-17(24)15(18(25,27-4-2)19(21,22)23)11-12-8-9-14-13(10-12)6-5-7-16(14)20/h5-10,15,25H,3-4,11H2,1-2H3. The topological polar surface area (TPSA) is 55.8 Å². The Morgan fingerprint density at radius 3 is 2.48 bits per heavy atom. The van der Waals surface area contributed by atoms with Crippen LogP contribution in [0.5, 0.6) is 0 Å². The zero-order chi connectivity index (χ0) is 20.2. The lowest BCUT2D eigenvalue weighted by Gasteiger charge is -2.35. The van der Waals surface area contributed by atoms with E-state index in [0.717, 1.165) is 15.2 Å². The van der Waals surface area contributed by atoms with Gasteiger partial charge in [-0.1, -0.05) is 46.3 Å². The maximum absolute atomic E-state index is 13.6. The fourth-order valence-electron chi connectivity index (χ4n) is 2.88. The molecule has 2 aromatic rings. The molecular weight excluding hydrogens is 429 g/mol. The molecule has 8 heteroatoms. The quantitative estimate of drug-likeness (QED) is 0.496. The molecule has 0 aliphatic carbocycles. The molecule has 0 bridgehead atoms. The third-order valence-electron chi connectivity index (χ3n) is 4.15. The third kappa shape index (κ3) is 4.62. The molecule has 2 rings (SSSR count). The number of carbonyl (C=O) groups excluding carboxylic acids is 1. The van der Waals surface area contributed by atoms with Crippen molar-refractivity contribution in [2.24, 2.45) is 5.92 Å². The summed E-state index contributed by atoms with van der Waals surface area (Å²) >= 11 is 3.41. The fourth-order valence-corrected chi connectivity index (χ4v) is 3.39. The number of ether oxygens (including phenoxy) is 2. The van der Waals surface area contributed by atoms with E-state index < -0.39 is 36.9 Å². The Labute approximate surface area is 163 Å². The highest BCUT2D eigenvalue weighted by molar-refractivity contribution is 9.10. The average molecular weight is 449 g/mol. The molecule has 2 aromatic carbocycles. The summed E-state index contributed by atoms with van der Waals surface area (Å²) in [6.07, 6.45) is -5.56. The number of esters is 1. The van der Waals surface area contributed by atoms with Gasteiger partial charge in [0.05, 0.1) is 6.61 Å². The van der Waals surface area contributed by atoms with Crippen LogP contribution in [0.1, 0.15) is 19.4 Å². The molecule has 0 aliphatic rings. The summed E-state index contributed by atoms with van der Waals surface area (Å²) in [5.74, 6) is -6.76. The molecule has 1 N–H and O–H groups in total. The largest absolute Gasteiger partial charge is 0.466 e. The summed E-state index contributed by atoms with van der Waals surface area (Å²) in [5, 5.41) is 11.9. The van der Waals surface area contributed by atoms with Crippen molar-refractivity contribution in [3.05, 3.63) is 46.4 Å². The molecule has 27 heavy (non-hydrogen) atoms. The lowest BCUT2D eigenvalue weighted by Crippen LogP contribution is -2.57. The molecule has 4 nitrogen and oxygen atoms in total. The highest BCUT2D eigenvalue weighted by atomic mass is 79.9. The number of benzene rings is 2. The molecule has 148 valence electrons. The van der Waals surface area contributed by atoms with E-state index in [2.05, 4.69) is 20.7 Å². The molecule has 0 aromatic heterocycles. The van der Waals surface area contributed by atoms with Gasteiger partial charge in [-0.25, -0.2) is 0 Å². The summed E-state index contributed by atoms with van der Waals surface area (Å²) in [6, 6.07) is 10.5. The number of carbonyl (C=O) groups is 1. The first-order valence-corrected chi connectivity index (χ1v) is 9.20. The van der Waals surface area contributed by atoms with Crippen molar-refractivity contribution in [2.75, 3.05) is 13.2 Å². The number of fused-ring (bicyclic) bond motifs is 1. The molecule has 0 fully saturated rings. The Balaban J connectivity index is 2.47. The van der Waals surface area contributed by atoms with Crippen LogP contribution in [0.15, 0.2) is 40.9 Å². The first kappa shape index (κ1) is 21.7. The second-order valence-electron chi connectivity index (χ2n) is 5.93. The van der Waals surface area contributed by atoms with Crippen LogP contribution in [0.2, 0.25) is 0 Å². The van der Waals surface area contributed by atoms with E-state index in [0.29, 0.717) is 5.56 Å². The van der Waals surface area contributed by atoms with Crippen molar-refractivity contribution < 1.29 is 32.5 Å². The minimum absolute atomic E-state index is 0.111. The highest BCUT2D eigenvalue weighted by Gasteiger charge is 2.62. The Morgan fingerprint density at radius 1 is 1.19 bits per heavy atom. The molecule has 0 aliphatic heterocycles. The summed E-state index contributed by atoms with van der Waals surface area (Å²) < 4.78 is 50.9. The Hall–Kier alpha value is -1.64. The smallest absolute Gasteiger partial charge is 0.444 e. The molecule has 2 unspecified atom stereocenters. The molecule has 0 saturated carbocycles. The van der Waals surface area contributed by atoms with Crippen LogP contribution in [0.3, 0.4) is 0 Å². The summed E-state index contributed by atoms with van der Waals surface area (Å²) in [7, 11) is 0. The van der Waals surface area contributed by atoms with Crippen LogP contribution >= 0.6 is 15.9 Å². The summed E-state index contributed by atoms with van der Waals surface area (Å²) in [5.41, 5.74) is 0.445. The van der Waals surface area contributed by atoms with Crippen molar-refractivity contribution >= 4 is 32.7 Å². The van der Waals surface area contributed by atoms with E-state index in [1.54, 1.807) is 24.3 Å². The summed E-state index contributed by atoms with van der Waals surface area (Å²) in [4.78, 5) is 12.3. The lowest BCUT2D eigenvalue weighted by molar-refractivity contribution is -0.381. The van der Waals surface area contributed by atoms with E-state index in [1.807, 2.05) is 12.1 Å². The van der Waals surface area contributed by atoms with Crippen molar-refractivity contribution in [2.45, 2.75) is 32.2 Å². The lowest BCUT2D eigenvalue weighted by atomic mass is 9.89. The normalized spacial score (nSPS) is 15.4. The van der Waals surface area contributed by atoms with Gasteiger partial charge in [0.15, 0.2) is 0 Å². The van der Waals surface area contributed by atoms with E-state index in [1.165, 1.54) is 13.8 Å². The average Bonchev–Trinajstić information content (AvgIpc) is 2.59. The second kappa shape index (κ2) is 8.58. The predicted octanol–water partition coefficient (Wildman–Crippen LogP) is 4.61. The van der Waals surface area contributed by atoms with Gasteiger partial charge < -0.3 is 14.6 Å². The molecule has 0 heterocycles. The van der Waals surface area contributed by atoms with Crippen LogP contribution < -0.4 is 0 Å². The first-order valence-electron chi connectivity index (χ1n) is 8.40. The van der Waals surface area contributed by atoms with Gasteiger partial charge in [-0.2, -0.15) is 13.2 Å². The number of hydrogen-bond acceptors (Lipinski definition) is 4. The van der Waals surface area contributed by atoms with E-state index >= 15 is 0 Å². The number of aliphatic hydroxyl groups is 1. The number of alkyl halides is 3. The van der Waals surface area contributed by atoms with Crippen molar-refractivity contribution in [1.82, 2.24) is 0 Å². The molecule has 0 spiro atoms. The van der Waals surface area contributed by atoms with Gasteiger partial charge >= 0.3 is 12.1 Å². The molecular formula is C19H20BrF3O4. The zero-order valence-electron chi connectivity index (χ0n) is 14.8. The second-order valence-corrected chi connectivity index (χ2v) is 6.79. The van der Waals surface area contributed by atoms with Gasteiger partial charge in [-0.05, 0) is 42.7 Å². The van der Waals surface area contributed by atoms with Crippen molar-refractivity contribution in [3.8, 4) is 0 Å². The van der Waals surface area contributed by atoms with Crippen molar-refractivity contribution in [1.29, 1.82) is 0 Å². The van der Waals surface area contributed by atoms with Gasteiger partial charge in [-0.15, -0.1) is 0 Å². The van der Waals surface area contributed by atoms with Gasteiger partial charge in [0.2, 0.25) is 0 Å². The number of halogens is 4.